The lowest BCUT2D eigenvalue weighted by atomic mass is 10.2. The molecule has 0 spiro atoms. The Bertz CT molecular complexity index is 168. The van der Waals surface area contributed by atoms with E-state index in [4.69, 9.17) is 4.74 Å². The summed E-state index contributed by atoms with van der Waals surface area (Å²) in [7, 11) is 1.57. The molecule has 5 heteroatoms. The van der Waals surface area contributed by atoms with Crippen LogP contribution in [0.2, 0.25) is 0 Å². The van der Waals surface area contributed by atoms with E-state index in [9.17, 15) is 13.2 Å². The summed E-state index contributed by atoms with van der Waals surface area (Å²) >= 11 is 0. The van der Waals surface area contributed by atoms with Gasteiger partial charge in [-0.3, -0.25) is 0 Å². The van der Waals surface area contributed by atoms with Gasteiger partial charge in [-0.25, -0.2) is 0 Å². The lowest BCUT2D eigenvalue weighted by Gasteiger charge is -2.17. The Morgan fingerprint density at radius 2 is 2.07 bits per heavy atom. The Kier molecular flexibility index (Phi) is 4.19. The van der Waals surface area contributed by atoms with Crippen molar-refractivity contribution in [3.05, 3.63) is 0 Å². The summed E-state index contributed by atoms with van der Waals surface area (Å²) in [5.74, 6) is 0.517. The molecule has 1 rings (SSSR count). The summed E-state index contributed by atoms with van der Waals surface area (Å²) in [5, 5.41) is 2.89. The summed E-state index contributed by atoms with van der Waals surface area (Å²) in [6, 6.07) is 0.0994. The van der Waals surface area contributed by atoms with Crippen molar-refractivity contribution < 1.29 is 17.9 Å². The van der Waals surface area contributed by atoms with Gasteiger partial charge in [-0.1, -0.05) is 0 Å². The van der Waals surface area contributed by atoms with Gasteiger partial charge in [-0.05, 0) is 18.8 Å². The fourth-order valence-electron chi connectivity index (χ4n) is 1.44. The average molecular weight is 211 g/mol. The molecule has 0 amide bonds. The van der Waals surface area contributed by atoms with E-state index in [1.54, 1.807) is 7.11 Å². The van der Waals surface area contributed by atoms with Crippen LogP contribution in [0.1, 0.15) is 19.3 Å². The molecular formula is C9H16F3NO. The minimum atomic E-state index is -4.06. The number of halogens is 3. The highest BCUT2D eigenvalue weighted by Gasteiger charge is 2.32. The Hall–Kier alpha value is -0.290. The number of rotatable bonds is 6. The van der Waals surface area contributed by atoms with Crippen LogP contribution in [0.3, 0.4) is 0 Å². The second-order valence-corrected chi connectivity index (χ2v) is 3.72. The van der Waals surface area contributed by atoms with E-state index >= 15 is 0 Å². The maximum atomic E-state index is 11.8. The molecule has 1 saturated carbocycles. The van der Waals surface area contributed by atoms with E-state index < -0.39 is 12.6 Å². The van der Waals surface area contributed by atoms with Crippen LogP contribution in [0, 0.1) is 5.92 Å². The highest BCUT2D eigenvalue weighted by Crippen LogP contribution is 2.32. The Labute approximate surface area is 81.8 Å². The van der Waals surface area contributed by atoms with Gasteiger partial charge in [0.25, 0.3) is 0 Å². The summed E-state index contributed by atoms with van der Waals surface area (Å²) < 4.78 is 40.5. The fourth-order valence-corrected chi connectivity index (χ4v) is 1.44. The van der Waals surface area contributed by atoms with Gasteiger partial charge in [0.1, 0.15) is 0 Å². The number of methoxy groups -OCH3 is 1. The van der Waals surface area contributed by atoms with Crippen LogP contribution in [0.15, 0.2) is 0 Å². The maximum absolute atomic E-state index is 11.8. The van der Waals surface area contributed by atoms with Crippen LogP contribution in [0.4, 0.5) is 13.2 Å². The van der Waals surface area contributed by atoms with Crippen LogP contribution in [-0.4, -0.2) is 32.5 Å². The molecule has 0 heterocycles. The smallest absolute Gasteiger partial charge is 0.383 e. The molecule has 0 aromatic rings. The highest BCUT2D eigenvalue weighted by atomic mass is 19.4. The molecule has 0 aromatic carbocycles. The molecule has 0 saturated heterocycles. The molecule has 0 bridgehead atoms. The van der Waals surface area contributed by atoms with Gasteiger partial charge in [-0.2, -0.15) is 13.2 Å². The second-order valence-electron chi connectivity index (χ2n) is 3.72. The van der Waals surface area contributed by atoms with Crippen molar-refractivity contribution in [1.82, 2.24) is 5.32 Å². The van der Waals surface area contributed by atoms with Gasteiger partial charge in [0.2, 0.25) is 0 Å². The lowest BCUT2D eigenvalue weighted by Crippen LogP contribution is -2.37. The summed E-state index contributed by atoms with van der Waals surface area (Å²) in [5.41, 5.74) is 0. The zero-order chi connectivity index (χ0) is 10.6. The number of alkyl halides is 3. The SMILES string of the molecule is COCC(NCCC(F)(F)F)C1CC1. The quantitative estimate of drug-likeness (QED) is 0.725. The average Bonchev–Trinajstić information content (AvgIpc) is 2.83. The van der Waals surface area contributed by atoms with Crippen molar-refractivity contribution in [3.63, 3.8) is 0 Å². The largest absolute Gasteiger partial charge is 0.390 e. The Balaban J connectivity index is 2.13. The molecule has 1 unspecified atom stereocenters. The van der Waals surface area contributed by atoms with Crippen LogP contribution in [0.25, 0.3) is 0 Å². The van der Waals surface area contributed by atoms with Gasteiger partial charge in [0, 0.05) is 19.7 Å². The van der Waals surface area contributed by atoms with E-state index in [1.807, 2.05) is 0 Å². The van der Waals surface area contributed by atoms with Crippen molar-refractivity contribution in [2.24, 2.45) is 5.92 Å². The second kappa shape index (κ2) is 4.98. The zero-order valence-electron chi connectivity index (χ0n) is 8.23. The molecule has 1 aliphatic rings. The van der Waals surface area contributed by atoms with E-state index in [0.29, 0.717) is 12.5 Å². The topological polar surface area (TPSA) is 21.3 Å². The molecule has 2 nitrogen and oxygen atoms in total. The van der Waals surface area contributed by atoms with E-state index in [-0.39, 0.29) is 12.6 Å². The molecule has 1 fully saturated rings. The molecule has 84 valence electrons. The first kappa shape index (κ1) is 11.8. The summed E-state index contributed by atoms with van der Waals surface area (Å²) in [6.07, 6.45) is -2.62. The van der Waals surface area contributed by atoms with Crippen molar-refractivity contribution >= 4 is 0 Å². The van der Waals surface area contributed by atoms with E-state index in [1.165, 1.54) is 0 Å². The molecule has 0 aromatic heterocycles. The predicted octanol–water partition coefficient (Wildman–Crippen LogP) is 1.95. The van der Waals surface area contributed by atoms with E-state index in [2.05, 4.69) is 5.32 Å². The lowest BCUT2D eigenvalue weighted by molar-refractivity contribution is -0.133. The van der Waals surface area contributed by atoms with Crippen molar-refractivity contribution in [2.45, 2.75) is 31.5 Å². The van der Waals surface area contributed by atoms with Gasteiger partial charge >= 0.3 is 6.18 Å². The normalized spacial score (nSPS) is 19.7. The summed E-state index contributed by atoms with van der Waals surface area (Å²) in [4.78, 5) is 0. The highest BCUT2D eigenvalue weighted by molar-refractivity contribution is 4.86. The number of ether oxygens (including phenoxy) is 1. The van der Waals surface area contributed by atoms with Crippen molar-refractivity contribution in [1.29, 1.82) is 0 Å². The Morgan fingerprint density at radius 1 is 1.43 bits per heavy atom. The Morgan fingerprint density at radius 3 is 2.50 bits per heavy atom. The maximum Gasteiger partial charge on any atom is 0.390 e. The summed E-state index contributed by atoms with van der Waals surface area (Å²) in [6.45, 7) is 0.497. The zero-order valence-corrected chi connectivity index (χ0v) is 8.23. The van der Waals surface area contributed by atoms with Gasteiger partial charge in [0.05, 0.1) is 13.0 Å². The van der Waals surface area contributed by atoms with Gasteiger partial charge in [0.15, 0.2) is 0 Å². The number of hydrogen-bond acceptors (Lipinski definition) is 2. The predicted molar refractivity (Wildman–Crippen MR) is 47.1 cm³/mol. The van der Waals surface area contributed by atoms with Gasteiger partial charge < -0.3 is 10.1 Å². The van der Waals surface area contributed by atoms with Crippen LogP contribution in [0.5, 0.6) is 0 Å². The van der Waals surface area contributed by atoms with E-state index in [0.717, 1.165) is 12.8 Å². The minimum Gasteiger partial charge on any atom is -0.383 e. The molecule has 1 aliphatic carbocycles. The molecule has 1 atom stereocenters. The minimum absolute atomic E-state index is 0.00593. The van der Waals surface area contributed by atoms with Crippen LogP contribution >= 0.6 is 0 Å². The number of nitrogens with one attached hydrogen (secondary N) is 1. The monoisotopic (exact) mass is 211 g/mol. The molecular weight excluding hydrogens is 195 g/mol. The third-order valence-electron chi connectivity index (χ3n) is 2.35. The first-order chi connectivity index (χ1) is 6.53. The fraction of sp³-hybridized carbons (Fsp3) is 1.00. The van der Waals surface area contributed by atoms with Gasteiger partial charge in [-0.15, -0.1) is 0 Å². The van der Waals surface area contributed by atoms with Crippen LogP contribution < -0.4 is 5.32 Å². The van der Waals surface area contributed by atoms with Crippen molar-refractivity contribution in [3.8, 4) is 0 Å². The standard InChI is InChI=1S/C9H16F3NO/c1-14-6-8(7-2-3-7)13-5-4-9(10,11)12/h7-8,13H,2-6H2,1H3. The number of hydrogen-bond donors (Lipinski definition) is 1. The molecule has 14 heavy (non-hydrogen) atoms. The van der Waals surface area contributed by atoms with Crippen molar-refractivity contribution in [2.75, 3.05) is 20.3 Å². The first-order valence-corrected chi connectivity index (χ1v) is 4.82. The molecule has 0 aliphatic heterocycles. The third kappa shape index (κ3) is 4.81. The first-order valence-electron chi connectivity index (χ1n) is 4.82. The molecule has 0 radical (unpaired) electrons. The molecule has 1 N–H and O–H groups in total. The third-order valence-corrected chi connectivity index (χ3v) is 2.35. The van der Waals surface area contributed by atoms with Crippen LogP contribution in [-0.2, 0) is 4.74 Å².